The quantitative estimate of drug-likeness (QED) is 0.369. The first kappa shape index (κ1) is 26.0. The van der Waals surface area contributed by atoms with Gasteiger partial charge in [-0.15, -0.1) is 11.3 Å². The van der Waals surface area contributed by atoms with Gasteiger partial charge in [0.15, 0.2) is 5.76 Å². The molecule has 0 aliphatic heterocycles. The molecule has 0 atom stereocenters. The highest BCUT2D eigenvalue weighted by Gasteiger charge is 2.28. The summed E-state index contributed by atoms with van der Waals surface area (Å²) in [5.74, 6) is -0.508. The van der Waals surface area contributed by atoms with Crippen molar-refractivity contribution < 1.29 is 33.0 Å². The predicted molar refractivity (Wildman–Crippen MR) is 132 cm³/mol. The van der Waals surface area contributed by atoms with Gasteiger partial charge in [-0.3, -0.25) is 4.79 Å². The number of furan rings is 1. The first-order valence-corrected chi connectivity index (χ1v) is 12.0. The van der Waals surface area contributed by atoms with Crippen LogP contribution in [0.25, 0.3) is 0 Å². The Morgan fingerprint density at radius 2 is 1.71 bits per heavy atom. The monoisotopic (exact) mass is 499 g/mol. The van der Waals surface area contributed by atoms with Crippen molar-refractivity contribution in [2.75, 3.05) is 11.9 Å². The number of carbonyl (C=O) groups excluding carboxylic acids is 3. The molecule has 1 aromatic carbocycles. The molecular weight excluding hydrogens is 470 g/mol. The summed E-state index contributed by atoms with van der Waals surface area (Å²) in [7, 11) is 0. The minimum absolute atomic E-state index is 0.0389. The maximum absolute atomic E-state index is 12.9. The third-order valence-electron chi connectivity index (χ3n) is 5.03. The van der Waals surface area contributed by atoms with E-state index in [4.69, 9.17) is 18.6 Å². The molecule has 0 fully saturated rings. The largest absolute Gasteiger partial charge is 0.485 e. The molecule has 3 aromatic rings. The zero-order valence-corrected chi connectivity index (χ0v) is 21.5. The second-order valence-electron chi connectivity index (χ2n) is 8.16. The number of para-hydroxylation sites is 1. The Hall–Kier alpha value is -3.59. The molecule has 9 heteroatoms. The summed E-state index contributed by atoms with van der Waals surface area (Å²) in [6.07, 6.45) is -0.374. The number of hydrogen-bond acceptors (Lipinski definition) is 8. The molecule has 0 bridgehead atoms. The Morgan fingerprint density at radius 1 is 1.03 bits per heavy atom. The zero-order valence-electron chi connectivity index (χ0n) is 20.6. The SMILES string of the molecule is CCOC(=O)c1sc(NC(=O)c2ccc(COc3c(C)cccc3C)o2)c(C(=O)OC(C)C)c1C. The van der Waals surface area contributed by atoms with Crippen molar-refractivity contribution in [1.82, 2.24) is 0 Å². The molecule has 8 nitrogen and oxygen atoms in total. The normalized spacial score (nSPS) is 10.8. The van der Waals surface area contributed by atoms with Crippen LogP contribution in [0.4, 0.5) is 5.00 Å². The molecule has 0 saturated heterocycles. The lowest BCUT2D eigenvalue weighted by molar-refractivity contribution is 0.0379. The Bertz CT molecular complexity index is 1220. The van der Waals surface area contributed by atoms with Crippen molar-refractivity contribution in [1.29, 1.82) is 0 Å². The van der Waals surface area contributed by atoms with Crippen LogP contribution in [0.1, 0.15) is 73.8 Å². The van der Waals surface area contributed by atoms with Crippen molar-refractivity contribution in [3.63, 3.8) is 0 Å². The van der Waals surface area contributed by atoms with Crippen LogP contribution in [0.5, 0.6) is 5.75 Å². The van der Waals surface area contributed by atoms with Crippen molar-refractivity contribution >= 4 is 34.2 Å². The minimum atomic E-state index is -0.637. The number of esters is 2. The van der Waals surface area contributed by atoms with Gasteiger partial charge in [-0.2, -0.15) is 0 Å². The number of benzene rings is 1. The fourth-order valence-electron chi connectivity index (χ4n) is 3.42. The number of aryl methyl sites for hydroxylation is 2. The summed E-state index contributed by atoms with van der Waals surface area (Å²) in [6.45, 7) is 11.0. The molecule has 2 heterocycles. The number of nitrogens with one attached hydrogen (secondary N) is 1. The Balaban J connectivity index is 1.80. The van der Waals surface area contributed by atoms with Crippen LogP contribution in [-0.4, -0.2) is 30.6 Å². The van der Waals surface area contributed by atoms with Crippen LogP contribution in [0.3, 0.4) is 0 Å². The minimum Gasteiger partial charge on any atom is -0.485 e. The van der Waals surface area contributed by atoms with Gasteiger partial charge in [-0.05, 0) is 70.4 Å². The van der Waals surface area contributed by atoms with Gasteiger partial charge in [-0.1, -0.05) is 18.2 Å². The van der Waals surface area contributed by atoms with E-state index in [9.17, 15) is 14.4 Å². The van der Waals surface area contributed by atoms with Gasteiger partial charge in [0.05, 0.1) is 18.3 Å². The van der Waals surface area contributed by atoms with Crippen LogP contribution in [-0.2, 0) is 16.1 Å². The van der Waals surface area contributed by atoms with Crippen molar-refractivity contribution in [3.05, 3.63) is 69.0 Å². The smallest absolute Gasteiger partial charge is 0.348 e. The summed E-state index contributed by atoms with van der Waals surface area (Å²) in [5, 5.41) is 2.87. The van der Waals surface area contributed by atoms with Gasteiger partial charge in [0.2, 0.25) is 0 Å². The van der Waals surface area contributed by atoms with Crippen molar-refractivity contribution in [3.8, 4) is 5.75 Å². The number of rotatable bonds is 9. The van der Waals surface area contributed by atoms with Gasteiger partial charge in [0.1, 0.15) is 28.0 Å². The molecular formula is C26H29NO7S. The van der Waals surface area contributed by atoms with E-state index in [-0.39, 0.29) is 40.5 Å². The Kier molecular flexibility index (Phi) is 8.34. The van der Waals surface area contributed by atoms with Crippen molar-refractivity contribution in [2.45, 2.75) is 54.3 Å². The lowest BCUT2D eigenvalue weighted by Gasteiger charge is -2.10. The van der Waals surface area contributed by atoms with Gasteiger partial charge >= 0.3 is 11.9 Å². The molecule has 0 unspecified atom stereocenters. The van der Waals surface area contributed by atoms with E-state index in [1.54, 1.807) is 33.8 Å². The summed E-state index contributed by atoms with van der Waals surface area (Å²) >= 11 is 0.956. The predicted octanol–water partition coefficient (Wildman–Crippen LogP) is 5.84. The number of carbonyl (C=O) groups is 3. The highest BCUT2D eigenvalue weighted by atomic mass is 32.1. The lowest BCUT2D eigenvalue weighted by Crippen LogP contribution is -2.16. The fourth-order valence-corrected chi connectivity index (χ4v) is 4.51. The Labute approximate surface area is 208 Å². The molecule has 35 heavy (non-hydrogen) atoms. The van der Waals surface area contributed by atoms with E-state index < -0.39 is 17.8 Å². The third kappa shape index (κ3) is 6.10. The molecule has 0 aliphatic carbocycles. The highest BCUT2D eigenvalue weighted by Crippen LogP contribution is 2.35. The van der Waals surface area contributed by atoms with E-state index in [1.165, 1.54) is 6.07 Å². The first-order valence-electron chi connectivity index (χ1n) is 11.2. The molecule has 1 amide bonds. The van der Waals surface area contributed by atoms with Gasteiger partial charge in [0, 0.05) is 0 Å². The summed E-state index contributed by atoms with van der Waals surface area (Å²) < 4.78 is 22.0. The van der Waals surface area contributed by atoms with E-state index in [0.717, 1.165) is 28.2 Å². The number of hydrogen-bond donors (Lipinski definition) is 1. The number of ether oxygens (including phenoxy) is 3. The molecule has 1 N–H and O–H groups in total. The molecule has 0 spiro atoms. The first-order chi connectivity index (χ1) is 16.6. The van der Waals surface area contributed by atoms with Crippen molar-refractivity contribution in [2.24, 2.45) is 0 Å². The van der Waals surface area contributed by atoms with Crippen LogP contribution in [0, 0.1) is 20.8 Å². The van der Waals surface area contributed by atoms with E-state index in [2.05, 4.69) is 5.32 Å². The third-order valence-corrected chi connectivity index (χ3v) is 6.22. The number of thiophene rings is 1. The van der Waals surface area contributed by atoms with Crippen LogP contribution in [0.2, 0.25) is 0 Å². The van der Waals surface area contributed by atoms with Crippen LogP contribution < -0.4 is 10.1 Å². The highest BCUT2D eigenvalue weighted by molar-refractivity contribution is 7.18. The van der Waals surface area contributed by atoms with Gasteiger partial charge in [0.25, 0.3) is 5.91 Å². The lowest BCUT2D eigenvalue weighted by atomic mass is 10.1. The summed E-state index contributed by atoms with van der Waals surface area (Å²) in [6, 6.07) is 9.05. The average molecular weight is 500 g/mol. The van der Waals surface area contributed by atoms with Crippen LogP contribution >= 0.6 is 11.3 Å². The molecule has 2 aromatic heterocycles. The maximum Gasteiger partial charge on any atom is 0.348 e. The molecule has 0 radical (unpaired) electrons. The average Bonchev–Trinajstić information content (AvgIpc) is 3.38. The fraction of sp³-hybridized carbons (Fsp3) is 0.346. The summed E-state index contributed by atoms with van der Waals surface area (Å²) in [5.41, 5.74) is 2.50. The second-order valence-corrected chi connectivity index (χ2v) is 9.19. The number of anilines is 1. The van der Waals surface area contributed by atoms with E-state index in [1.807, 2.05) is 32.0 Å². The maximum atomic E-state index is 12.9. The summed E-state index contributed by atoms with van der Waals surface area (Å²) in [4.78, 5) is 38.2. The molecule has 186 valence electrons. The Morgan fingerprint density at radius 3 is 2.34 bits per heavy atom. The van der Waals surface area contributed by atoms with E-state index >= 15 is 0 Å². The number of amides is 1. The van der Waals surface area contributed by atoms with Crippen LogP contribution in [0.15, 0.2) is 34.7 Å². The molecule has 0 aliphatic rings. The van der Waals surface area contributed by atoms with Gasteiger partial charge < -0.3 is 23.9 Å². The van der Waals surface area contributed by atoms with E-state index in [0.29, 0.717) is 11.3 Å². The zero-order chi connectivity index (χ0) is 25.7. The van der Waals surface area contributed by atoms with Gasteiger partial charge in [-0.25, -0.2) is 9.59 Å². The second kappa shape index (κ2) is 11.2. The topological polar surface area (TPSA) is 104 Å². The molecule has 0 saturated carbocycles. The standard InChI is InChI=1S/C26H29NO7S/c1-7-31-26(30)22-17(6)20(25(29)33-14(2)3)24(35-22)27-23(28)19-12-11-18(34-19)13-32-21-15(4)9-8-10-16(21)5/h8-12,14H,7,13H2,1-6H3,(H,27,28). The molecule has 3 rings (SSSR count).